The Morgan fingerprint density at radius 3 is 2.56 bits per heavy atom. The van der Waals surface area contributed by atoms with E-state index in [1.54, 1.807) is 42.7 Å². The van der Waals surface area contributed by atoms with Gasteiger partial charge in [0, 0.05) is 5.56 Å². The second-order valence-electron chi connectivity index (χ2n) is 3.95. The molecule has 0 saturated carbocycles. The molecule has 0 aliphatic rings. The predicted octanol–water partition coefficient (Wildman–Crippen LogP) is 2.92. The summed E-state index contributed by atoms with van der Waals surface area (Å²) in [6.45, 7) is 1.77. The van der Waals surface area contributed by atoms with Crippen molar-refractivity contribution in [3.8, 4) is 11.1 Å². The highest BCUT2D eigenvalue weighted by Crippen LogP contribution is 2.27. The Morgan fingerprint density at radius 2 is 1.89 bits per heavy atom. The van der Waals surface area contributed by atoms with Crippen LogP contribution in [-0.2, 0) is 0 Å². The number of nitrogens with one attached hydrogen (secondary N) is 1. The van der Waals surface area contributed by atoms with Gasteiger partial charge >= 0.3 is 0 Å². The number of hydrogen-bond donors (Lipinski definition) is 2. The fourth-order valence-electron chi connectivity index (χ4n) is 1.91. The number of carbonyl (C=O) groups is 1. The minimum absolute atomic E-state index is 0.319. The second-order valence-corrected chi connectivity index (χ2v) is 3.95. The average molecular weight is 245 g/mol. The van der Waals surface area contributed by atoms with Crippen molar-refractivity contribution in [1.82, 2.24) is 5.48 Å². The van der Waals surface area contributed by atoms with E-state index in [9.17, 15) is 9.18 Å². The molecule has 0 unspecified atom stereocenters. The van der Waals surface area contributed by atoms with Crippen molar-refractivity contribution in [2.45, 2.75) is 6.92 Å². The van der Waals surface area contributed by atoms with Gasteiger partial charge in [0.15, 0.2) is 0 Å². The number of benzene rings is 2. The van der Waals surface area contributed by atoms with Crippen LogP contribution in [0.2, 0.25) is 0 Å². The molecule has 4 heteroatoms. The SMILES string of the molecule is Cc1cc(F)ccc1-c1ccccc1C(=O)NO. The summed E-state index contributed by atoms with van der Waals surface area (Å²) in [5, 5.41) is 8.71. The molecule has 3 nitrogen and oxygen atoms in total. The second kappa shape index (κ2) is 4.98. The normalized spacial score (nSPS) is 10.2. The van der Waals surface area contributed by atoms with Gasteiger partial charge in [-0.3, -0.25) is 10.0 Å². The van der Waals surface area contributed by atoms with Crippen molar-refractivity contribution < 1.29 is 14.4 Å². The summed E-state index contributed by atoms with van der Waals surface area (Å²) < 4.78 is 13.1. The number of hydroxylamine groups is 1. The molecule has 0 aliphatic carbocycles. The number of rotatable bonds is 2. The zero-order chi connectivity index (χ0) is 13.1. The van der Waals surface area contributed by atoms with Crippen molar-refractivity contribution in [3.05, 3.63) is 59.4 Å². The highest BCUT2D eigenvalue weighted by Gasteiger charge is 2.13. The molecular formula is C14H12FNO2. The van der Waals surface area contributed by atoms with Crippen LogP contribution in [0.5, 0.6) is 0 Å². The number of aryl methyl sites for hydroxylation is 1. The molecule has 0 spiro atoms. The summed E-state index contributed by atoms with van der Waals surface area (Å²) in [7, 11) is 0. The lowest BCUT2D eigenvalue weighted by Crippen LogP contribution is -2.19. The Morgan fingerprint density at radius 1 is 1.17 bits per heavy atom. The van der Waals surface area contributed by atoms with Crippen LogP contribution in [0.1, 0.15) is 15.9 Å². The smallest absolute Gasteiger partial charge is 0.275 e. The first-order valence-electron chi connectivity index (χ1n) is 5.43. The summed E-state index contributed by atoms with van der Waals surface area (Å²) >= 11 is 0. The summed E-state index contributed by atoms with van der Waals surface area (Å²) in [6, 6.07) is 11.2. The highest BCUT2D eigenvalue weighted by atomic mass is 19.1. The third-order valence-electron chi connectivity index (χ3n) is 2.75. The standard InChI is InChI=1S/C14H12FNO2/c1-9-8-10(15)6-7-11(9)12-4-2-3-5-13(12)14(17)16-18/h2-8,18H,1H3,(H,16,17). The molecule has 2 N–H and O–H groups in total. The van der Waals surface area contributed by atoms with Crippen LogP contribution in [0.4, 0.5) is 4.39 Å². The first-order chi connectivity index (χ1) is 8.63. The Balaban J connectivity index is 2.60. The van der Waals surface area contributed by atoms with Gasteiger partial charge < -0.3 is 0 Å². The summed E-state index contributed by atoms with van der Waals surface area (Å²) in [5.41, 5.74) is 4.10. The molecule has 2 rings (SSSR count). The molecule has 2 aromatic carbocycles. The summed E-state index contributed by atoms with van der Waals surface area (Å²) in [5.74, 6) is -0.908. The number of carbonyl (C=O) groups excluding carboxylic acids is 1. The minimum Gasteiger partial charge on any atom is -0.288 e. The molecular weight excluding hydrogens is 233 g/mol. The van der Waals surface area contributed by atoms with Gasteiger partial charge in [-0.15, -0.1) is 0 Å². The molecule has 0 fully saturated rings. The quantitative estimate of drug-likeness (QED) is 0.631. The van der Waals surface area contributed by atoms with E-state index in [0.29, 0.717) is 11.1 Å². The molecule has 0 heterocycles. The van der Waals surface area contributed by atoms with E-state index in [2.05, 4.69) is 0 Å². The van der Waals surface area contributed by atoms with Crippen molar-refractivity contribution in [2.24, 2.45) is 0 Å². The molecule has 0 saturated heterocycles. The maximum Gasteiger partial charge on any atom is 0.275 e. The maximum atomic E-state index is 13.1. The molecule has 0 radical (unpaired) electrons. The lowest BCUT2D eigenvalue weighted by Gasteiger charge is -2.10. The minimum atomic E-state index is -0.589. The van der Waals surface area contributed by atoms with Gasteiger partial charge in [-0.2, -0.15) is 0 Å². The van der Waals surface area contributed by atoms with Gasteiger partial charge in [-0.1, -0.05) is 24.3 Å². The molecule has 92 valence electrons. The maximum absolute atomic E-state index is 13.1. The summed E-state index contributed by atoms with van der Waals surface area (Å²) in [4.78, 5) is 11.6. The Bertz CT molecular complexity index is 596. The first-order valence-corrected chi connectivity index (χ1v) is 5.43. The molecule has 18 heavy (non-hydrogen) atoms. The van der Waals surface area contributed by atoms with Gasteiger partial charge in [0.1, 0.15) is 5.82 Å². The Kier molecular flexibility index (Phi) is 3.39. The molecule has 0 aliphatic heterocycles. The van der Waals surface area contributed by atoms with Crippen LogP contribution < -0.4 is 5.48 Å². The Hall–Kier alpha value is -2.20. The number of amides is 1. The van der Waals surface area contributed by atoms with E-state index in [1.165, 1.54) is 12.1 Å². The van der Waals surface area contributed by atoms with Crippen LogP contribution in [0.3, 0.4) is 0 Å². The fraction of sp³-hybridized carbons (Fsp3) is 0.0714. The average Bonchev–Trinajstić information content (AvgIpc) is 2.38. The number of halogens is 1. The molecule has 1 amide bonds. The predicted molar refractivity (Wildman–Crippen MR) is 65.8 cm³/mol. The van der Waals surface area contributed by atoms with Crippen molar-refractivity contribution in [2.75, 3.05) is 0 Å². The largest absolute Gasteiger partial charge is 0.288 e. The molecule has 0 bridgehead atoms. The van der Waals surface area contributed by atoms with Crippen molar-refractivity contribution in [3.63, 3.8) is 0 Å². The zero-order valence-corrected chi connectivity index (χ0v) is 9.77. The lowest BCUT2D eigenvalue weighted by atomic mass is 9.95. The van der Waals surface area contributed by atoms with Crippen molar-refractivity contribution in [1.29, 1.82) is 0 Å². The van der Waals surface area contributed by atoms with Gasteiger partial charge in [0.05, 0.1) is 0 Å². The molecule has 0 atom stereocenters. The fourth-order valence-corrected chi connectivity index (χ4v) is 1.91. The number of hydrogen-bond acceptors (Lipinski definition) is 2. The van der Waals surface area contributed by atoms with Crippen LogP contribution in [0, 0.1) is 12.7 Å². The van der Waals surface area contributed by atoms with E-state index >= 15 is 0 Å². The lowest BCUT2D eigenvalue weighted by molar-refractivity contribution is 0.0707. The summed E-state index contributed by atoms with van der Waals surface area (Å²) in [6.07, 6.45) is 0. The van der Waals surface area contributed by atoms with Crippen LogP contribution in [-0.4, -0.2) is 11.1 Å². The van der Waals surface area contributed by atoms with E-state index in [1.807, 2.05) is 0 Å². The monoisotopic (exact) mass is 245 g/mol. The topological polar surface area (TPSA) is 49.3 Å². The first kappa shape index (κ1) is 12.3. The van der Waals surface area contributed by atoms with Crippen molar-refractivity contribution >= 4 is 5.91 Å². The van der Waals surface area contributed by atoms with Gasteiger partial charge in [0.2, 0.25) is 0 Å². The Labute approximate surface area is 104 Å². The van der Waals surface area contributed by atoms with Crippen LogP contribution >= 0.6 is 0 Å². The third-order valence-corrected chi connectivity index (χ3v) is 2.75. The van der Waals surface area contributed by atoms with Gasteiger partial charge in [-0.25, -0.2) is 9.87 Å². The van der Waals surface area contributed by atoms with E-state index < -0.39 is 5.91 Å². The van der Waals surface area contributed by atoms with E-state index in [4.69, 9.17) is 5.21 Å². The third kappa shape index (κ3) is 2.24. The van der Waals surface area contributed by atoms with Gasteiger partial charge in [0.25, 0.3) is 5.91 Å². The van der Waals surface area contributed by atoms with Crippen LogP contribution in [0.15, 0.2) is 42.5 Å². The van der Waals surface area contributed by atoms with Gasteiger partial charge in [-0.05, 0) is 41.8 Å². The molecule has 0 aromatic heterocycles. The van der Waals surface area contributed by atoms with Crippen LogP contribution in [0.25, 0.3) is 11.1 Å². The van der Waals surface area contributed by atoms with E-state index in [-0.39, 0.29) is 5.82 Å². The zero-order valence-electron chi connectivity index (χ0n) is 9.77. The van der Waals surface area contributed by atoms with E-state index in [0.717, 1.165) is 11.1 Å². The highest BCUT2D eigenvalue weighted by molar-refractivity contribution is 6.00. The molecule has 2 aromatic rings.